The van der Waals surface area contributed by atoms with E-state index in [1.807, 2.05) is 0 Å². The Labute approximate surface area is 107 Å². The number of allylic oxidation sites excluding steroid dienone is 4. The largest absolute Gasteiger partial charge is 0.294 e. The molecule has 18 heavy (non-hydrogen) atoms. The molecule has 0 spiro atoms. The number of carbonyl (C=O) groups is 2. The van der Waals surface area contributed by atoms with Gasteiger partial charge in [-0.25, -0.2) is 0 Å². The Morgan fingerprint density at radius 2 is 1.22 bits per heavy atom. The summed E-state index contributed by atoms with van der Waals surface area (Å²) < 4.78 is 0. The van der Waals surface area contributed by atoms with E-state index in [1.54, 1.807) is 23.3 Å². The Kier molecular flexibility index (Phi) is 2.18. The second-order valence-electron chi connectivity index (χ2n) is 6.24. The van der Waals surface area contributed by atoms with Crippen molar-refractivity contribution >= 4 is 11.6 Å². The summed E-state index contributed by atoms with van der Waals surface area (Å²) in [6.45, 7) is 0. The minimum atomic E-state index is -0.00755. The van der Waals surface area contributed by atoms with Crippen molar-refractivity contribution in [2.45, 2.75) is 38.5 Å². The van der Waals surface area contributed by atoms with Gasteiger partial charge in [0, 0.05) is 11.8 Å². The predicted octanol–water partition coefficient (Wildman–Crippen LogP) is 2.84. The van der Waals surface area contributed by atoms with E-state index in [9.17, 15) is 9.59 Å². The third-order valence-corrected chi connectivity index (χ3v) is 5.55. The minimum Gasteiger partial charge on any atom is -0.294 e. The standard InChI is InChI=1S/C16H18O2/c17-13-7-8-14(18)16-12-6-2-4-10(12)9-3-1-5-11(9)15(13)16/h7-8,11-12,15-16H,1-6H2. The van der Waals surface area contributed by atoms with Crippen LogP contribution in [0.3, 0.4) is 0 Å². The summed E-state index contributed by atoms with van der Waals surface area (Å²) in [6, 6.07) is 0. The molecule has 0 aromatic heterocycles. The Balaban J connectivity index is 1.88. The molecular formula is C16H18O2. The van der Waals surface area contributed by atoms with E-state index in [1.165, 1.54) is 25.7 Å². The summed E-state index contributed by atoms with van der Waals surface area (Å²) in [7, 11) is 0. The van der Waals surface area contributed by atoms with Crippen molar-refractivity contribution in [3.05, 3.63) is 23.3 Å². The van der Waals surface area contributed by atoms with Crippen LogP contribution in [-0.2, 0) is 9.59 Å². The molecule has 0 aromatic carbocycles. The van der Waals surface area contributed by atoms with E-state index >= 15 is 0 Å². The summed E-state index contributed by atoms with van der Waals surface area (Å²) in [6.07, 6.45) is 10.1. The summed E-state index contributed by atoms with van der Waals surface area (Å²) in [5.74, 6) is 1.23. The SMILES string of the molecule is O=C1C=CC(=O)C2C3CCCC3=C3CCCC3C12. The molecule has 4 rings (SSSR count). The second-order valence-corrected chi connectivity index (χ2v) is 6.24. The highest BCUT2D eigenvalue weighted by atomic mass is 16.1. The molecular weight excluding hydrogens is 224 g/mol. The van der Waals surface area contributed by atoms with Crippen molar-refractivity contribution in [2.24, 2.45) is 23.7 Å². The number of ketones is 2. The number of hydrogen-bond acceptors (Lipinski definition) is 2. The van der Waals surface area contributed by atoms with E-state index in [4.69, 9.17) is 0 Å². The Bertz CT molecular complexity index is 453. The summed E-state index contributed by atoms with van der Waals surface area (Å²) in [4.78, 5) is 24.5. The lowest BCUT2D eigenvalue weighted by atomic mass is 9.61. The number of fused-ring (bicyclic) bond motifs is 5. The second kappa shape index (κ2) is 3.66. The Morgan fingerprint density at radius 1 is 0.778 bits per heavy atom. The molecule has 4 unspecified atom stereocenters. The fourth-order valence-corrected chi connectivity index (χ4v) is 4.97. The van der Waals surface area contributed by atoms with Crippen molar-refractivity contribution in [3.8, 4) is 0 Å². The van der Waals surface area contributed by atoms with Gasteiger partial charge in [0.1, 0.15) is 0 Å². The number of hydrogen-bond donors (Lipinski definition) is 0. The third kappa shape index (κ3) is 1.24. The fourth-order valence-electron chi connectivity index (χ4n) is 4.97. The average Bonchev–Trinajstić information content (AvgIpc) is 2.99. The first-order chi connectivity index (χ1) is 8.77. The lowest BCUT2D eigenvalue weighted by Crippen LogP contribution is -2.44. The first-order valence-corrected chi connectivity index (χ1v) is 7.25. The molecule has 2 nitrogen and oxygen atoms in total. The van der Waals surface area contributed by atoms with Crippen molar-refractivity contribution in [1.82, 2.24) is 0 Å². The molecule has 94 valence electrons. The van der Waals surface area contributed by atoms with Gasteiger partial charge in [-0.2, -0.15) is 0 Å². The molecule has 0 aromatic rings. The summed E-state index contributed by atoms with van der Waals surface area (Å²) in [5, 5.41) is 0. The van der Waals surface area contributed by atoms with Crippen LogP contribution in [-0.4, -0.2) is 11.6 Å². The highest BCUT2D eigenvalue weighted by molar-refractivity contribution is 6.08. The van der Waals surface area contributed by atoms with Gasteiger partial charge in [-0.05, 0) is 62.5 Å². The summed E-state index contributed by atoms with van der Waals surface area (Å²) >= 11 is 0. The van der Waals surface area contributed by atoms with Gasteiger partial charge in [0.2, 0.25) is 0 Å². The molecule has 0 heterocycles. The molecule has 4 aliphatic carbocycles. The molecule has 0 radical (unpaired) electrons. The van der Waals surface area contributed by atoms with Crippen LogP contribution in [0.15, 0.2) is 23.3 Å². The molecule has 2 saturated carbocycles. The molecule has 0 amide bonds. The van der Waals surface area contributed by atoms with Gasteiger partial charge in [0.05, 0.1) is 0 Å². The lowest BCUT2D eigenvalue weighted by molar-refractivity contribution is -0.132. The number of rotatable bonds is 0. The normalized spacial score (nSPS) is 42.0. The van der Waals surface area contributed by atoms with Crippen LogP contribution in [0.5, 0.6) is 0 Å². The van der Waals surface area contributed by atoms with E-state index in [0.29, 0.717) is 11.8 Å². The highest BCUT2D eigenvalue weighted by Crippen LogP contribution is 2.56. The maximum atomic E-state index is 12.2. The molecule has 0 N–H and O–H groups in total. The van der Waals surface area contributed by atoms with Crippen molar-refractivity contribution in [2.75, 3.05) is 0 Å². The first kappa shape index (κ1) is 10.7. The topological polar surface area (TPSA) is 34.1 Å². The average molecular weight is 242 g/mol. The van der Waals surface area contributed by atoms with E-state index in [2.05, 4.69) is 0 Å². The van der Waals surface area contributed by atoms with Crippen LogP contribution in [0.1, 0.15) is 38.5 Å². The molecule has 0 saturated heterocycles. The van der Waals surface area contributed by atoms with Gasteiger partial charge in [-0.15, -0.1) is 0 Å². The maximum Gasteiger partial charge on any atom is 0.160 e. The fraction of sp³-hybridized carbons (Fsp3) is 0.625. The highest BCUT2D eigenvalue weighted by Gasteiger charge is 2.52. The molecule has 0 aliphatic heterocycles. The molecule has 0 bridgehead atoms. The zero-order valence-electron chi connectivity index (χ0n) is 10.5. The van der Waals surface area contributed by atoms with Gasteiger partial charge < -0.3 is 0 Å². The van der Waals surface area contributed by atoms with Crippen LogP contribution in [0.4, 0.5) is 0 Å². The minimum absolute atomic E-state index is 0.00755. The quantitative estimate of drug-likeness (QED) is 0.612. The van der Waals surface area contributed by atoms with Crippen LogP contribution in [0, 0.1) is 23.7 Å². The predicted molar refractivity (Wildman–Crippen MR) is 67.8 cm³/mol. The van der Waals surface area contributed by atoms with Gasteiger partial charge in [0.15, 0.2) is 11.6 Å². The zero-order chi connectivity index (χ0) is 12.3. The monoisotopic (exact) mass is 242 g/mol. The van der Waals surface area contributed by atoms with Gasteiger partial charge in [-0.1, -0.05) is 11.1 Å². The van der Waals surface area contributed by atoms with E-state index in [0.717, 1.165) is 12.8 Å². The van der Waals surface area contributed by atoms with Gasteiger partial charge in [-0.3, -0.25) is 9.59 Å². The van der Waals surface area contributed by atoms with Crippen molar-refractivity contribution in [3.63, 3.8) is 0 Å². The smallest absolute Gasteiger partial charge is 0.160 e. The van der Waals surface area contributed by atoms with Crippen LogP contribution in [0.25, 0.3) is 0 Å². The number of carbonyl (C=O) groups excluding carboxylic acids is 2. The van der Waals surface area contributed by atoms with E-state index in [-0.39, 0.29) is 23.4 Å². The van der Waals surface area contributed by atoms with Gasteiger partial charge >= 0.3 is 0 Å². The Morgan fingerprint density at radius 3 is 1.67 bits per heavy atom. The molecule has 2 heteroatoms. The molecule has 2 fully saturated rings. The van der Waals surface area contributed by atoms with Gasteiger partial charge in [0.25, 0.3) is 0 Å². The Hall–Kier alpha value is -1.18. The lowest BCUT2D eigenvalue weighted by Gasteiger charge is -2.41. The van der Waals surface area contributed by atoms with Crippen LogP contribution in [0.2, 0.25) is 0 Å². The van der Waals surface area contributed by atoms with Crippen molar-refractivity contribution < 1.29 is 9.59 Å². The van der Waals surface area contributed by atoms with Crippen LogP contribution < -0.4 is 0 Å². The molecule has 4 atom stereocenters. The van der Waals surface area contributed by atoms with Crippen molar-refractivity contribution in [1.29, 1.82) is 0 Å². The first-order valence-electron chi connectivity index (χ1n) is 7.25. The van der Waals surface area contributed by atoms with E-state index < -0.39 is 0 Å². The molecule has 4 aliphatic rings. The maximum absolute atomic E-state index is 12.2. The van der Waals surface area contributed by atoms with Crippen LogP contribution >= 0.6 is 0 Å². The summed E-state index contributed by atoms with van der Waals surface area (Å²) in [5.41, 5.74) is 3.16. The third-order valence-electron chi connectivity index (χ3n) is 5.55. The zero-order valence-corrected chi connectivity index (χ0v) is 10.5.